The fourth-order valence-electron chi connectivity index (χ4n) is 3.42. The summed E-state index contributed by atoms with van der Waals surface area (Å²) < 4.78 is 1.81. The van der Waals surface area contributed by atoms with Crippen LogP contribution in [0.5, 0.6) is 0 Å². The van der Waals surface area contributed by atoms with E-state index in [1.54, 1.807) is 0 Å². The Bertz CT molecular complexity index is 1140. The average Bonchev–Trinajstić information content (AvgIpc) is 3.04. The number of rotatable bonds is 3. The largest absolute Gasteiger partial charge is 0.326 e. The average molecular weight is 332 g/mol. The Labute approximate surface area is 145 Å². The first kappa shape index (κ1) is 15.6. The fourth-order valence-corrected chi connectivity index (χ4v) is 3.42. The number of H-pyrrole nitrogens is 1. The van der Waals surface area contributed by atoms with Crippen LogP contribution in [0, 0.1) is 6.92 Å². The first-order valence-corrected chi connectivity index (χ1v) is 8.44. The van der Waals surface area contributed by atoms with Gasteiger partial charge in [-0.1, -0.05) is 30.3 Å². The molecule has 0 bridgehead atoms. The molecule has 0 amide bonds. The van der Waals surface area contributed by atoms with Crippen molar-refractivity contribution in [1.29, 1.82) is 0 Å². The van der Waals surface area contributed by atoms with Gasteiger partial charge in [-0.2, -0.15) is 5.10 Å². The number of pyridine rings is 1. The summed E-state index contributed by atoms with van der Waals surface area (Å²) in [6.07, 6.45) is 0. The molecule has 0 fully saturated rings. The van der Waals surface area contributed by atoms with E-state index in [4.69, 9.17) is 5.73 Å². The van der Waals surface area contributed by atoms with Crippen molar-refractivity contribution >= 4 is 21.8 Å². The molecule has 5 heteroatoms. The Morgan fingerprint density at radius 2 is 1.84 bits per heavy atom. The molecule has 3 N–H and O–H groups in total. The Morgan fingerprint density at radius 3 is 2.52 bits per heavy atom. The summed E-state index contributed by atoms with van der Waals surface area (Å²) in [6, 6.07) is 14.4. The van der Waals surface area contributed by atoms with Gasteiger partial charge in [0.25, 0.3) is 5.56 Å². The van der Waals surface area contributed by atoms with E-state index < -0.39 is 0 Å². The fraction of sp³-hybridized carbons (Fsp3) is 0.200. The van der Waals surface area contributed by atoms with Crippen molar-refractivity contribution in [3.05, 3.63) is 64.1 Å². The van der Waals surface area contributed by atoms with Crippen molar-refractivity contribution in [2.45, 2.75) is 26.9 Å². The van der Waals surface area contributed by atoms with Crippen LogP contribution in [-0.2, 0) is 13.1 Å². The van der Waals surface area contributed by atoms with Gasteiger partial charge < -0.3 is 10.3 Å². The molecular formula is C20H20N4O. The zero-order valence-corrected chi connectivity index (χ0v) is 14.3. The predicted octanol–water partition coefficient (Wildman–Crippen LogP) is 3.33. The molecule has 126 valence electrons. The normalized spacial score (nSPS) is 11.5. The highest BCUT2D eigenvalue weighted by molar-refractivity contribution is 6.05. The molecule has 0 saturated carbocycles. The van der Waals surface area contributed by atoms with E-state index >= 15 is 0 Å². The molecule has 2 aromatic heterocycles. The third-order valence-electron chi connectivity index (χ3n) is 4.79. The van der Waals surface area contributed by atoms with E-state index in [1.807, 2.05) is 36.6 Å². The summed E-state index contributed by atoms with van der Waals surface area (Å²) in [7, 11) is 0. The summed E-state index contributed by atoms with van der Waals surface area (Å²) in [5.41, 5.74) is 11.5. The number of fused-ring (bicyclic) bond motifs is 3. The van der Waals surface area contributed by atoms with Gasteiger partial charge in [-0.15, -0.1) is 0 Å². The van der Waals surface area contributed by atoms with Gasteiger partial charge in [-0.25, -0.2) is 0 Å². The summed E-state index contributed by atoms with van der Waals surface area (Å²) >= 11 is 0. The number of hydrogen-bond acceptors (Lipinski definition) is 3. The zero-order chi connectivity index (χ0) is 17.6. The molecule has 25 heavy (non-hydrogen) atoms. The van der Waals surface area contributed by atoms with Gasteiger partial charge in [0.1, 0.15) is 5.52 Å². The first-order chi connectivity index (χ1) is 12.1. The number of nitrogens with zero attached hydrogens (tertiary/aromatic N) is 2. The lowest BCUT2D eigenvalue weighted by atomic mass is 10.0. The third-order valence-corrected chi connectivity index (χ3v) is 4.79. The van der Waals surface area contributed by atoms with Gasteiger partial charge in [0.15, 0.2) is 0 Å². The van der Waals surface area contributed by atoms with Crippen molar-refractivity contribution in [2.24, 2.45) is 5.73 Å². The second-order valence-corrected chi connectivity index (χ2v) is 6.25. The van der Waals surface area contributed by atoms with Crippen LogP contribution in [0.25, 0.3) is 32.9 Å². The number of nitrogens with one attached hydrogen (secondary N) is 1. The van der Waals surface area contributed by atoms with E-state index in [0.29, 0.717) is 18.5 Å². The van der Waals surface area contributed by atoms with Gasteiger partial charge in [0.2, 0.25) is 0 Å². The minimum Gasteiger partial charge on any atom is -0.326 e. The monoisotopic (exact) mass is 332 g/mol. The number of aryl methyl sites for hydroxylation is 2. The van der Waals surface area contributed by atoms with Crippen LogP contribution in [0.4, 0.5) is 0 Å². The van der Waals surface area contributed by atoms with E-state index in [1.165, 1.54) is 0 Å². The number of aromatic amines is 1. The molecule has 5 nitrogen and oxygen atoms in total. The van der Waals surface area contributed by atoms with E-state index in [9.17, 15) is 4.79 Å². The molecule has 0 unspecified atom stereocenters. The Kier molecular flexibility index (Phi) is 3.66. The van der Waals surface area contributed by atoms with Gasteiger partial charge in [-0.05, 0) is 42.7 Å². The molecular weight excluding hydrogens is 312 g/mol. The van der Waals surface area contributed by atoms with Crippen LogP contribution in [0.15, 0.2) is 47.3 Å². The van der Waals surface area contributed by atoms with Gasteiger partial charge in [-0.3, -0.25) is 9.89 Å². The molecule has 0 aliphatic heterocycles. The summed E-state index contributed by atoms with van der Waals surface area (Å²) in [6.45, 7) is 5.04. The summed E-state index contributed by atoms with van der Waals surface area (Å²) in [5, 5.41) is 9.01. The van der Waals surface area contributed by atoms with Gasteiger partial charge in [0.05, 0.1) is 10.9 Å². The number of hydrogen-bond donors (Lipinski definition) is 2. The SMILES string of the molecule is CCn1c(=O)c2c(C)[nH]nc2c2cc(-c3ccc(CN)cc3)ccc21. The predicted molar refractivity (Wildman–Crippen MR) is 102 cm³/mol. The lowest BCUT2D eigenvalue weighted by molar-refractivity contribution is 0.766. The Balaban J connectivity index is 2.03. The molecule has 0 aliphatic rings. The second kappa shape index (κ2) is 5.86. The van der Waals surface area contributed by atoms with E-state index in [2.05, 4.69) is 34.5 Å². The van der Waals surface area contributed by atoms with Crippen LogP contribution < -0.4 is 11.3 Å². The van der Waals surface area contributed by atoms with Crippen molar-refractivity contribution < 1.29 is 0 Å². The summed E-state index contributed by atoms with van der Waals surface area (Å²) in [5.74, 6) is 0. The zero-order valence-electron chi connectivity index (χ0n) is 14.3. The molecule has 4 rings (SSSR count). The molecule has 0 spiro atoms. The van der Waals surface area contributed by atoms with Crippen molar-refractivity contribution in [3.63, 3.8) is 0 Å². The van der Waals surface area contributed by atoms with Gasteiger partial charge >= 0.3 is 0 Å². The molecule has 2 heterocycles. The highest BCUT2D eigenvalue weighted by atomic mass is 16.1. The van der Waals surface area contributed by atoms with Crippen LogP contribution >= 0.6 is 0 Å². The number of nitrogens with two attached hydrogens (primary N) is 1. The lowest BCUT2D eigenvalue weighted by Crippen LogP contribution is -2.20. The van der Waals surface area contributed by atoms with Crippen LogP contribution in [0.1, 0.15) is 18.2 Å². The maximum absolute atomic E-state index is 12.8. The second-order valence-electron chi connectivity index (χ2n) is 6.25. The smallest absolute Gasteiger partial charge is 0.262 e. The molecule has 2 aromatic carbocycles. The number of aromatic nitrogens is 3. The maximum atomic E-state index is 12.8. The van der Waals surface area contributed by atoms with Crippen LogP contribution in [0.2, 0.25) is 0 Å². The lowest BCUT2D eigenvalue weighted by Gasteiger charge is -2.11. The molecule has 4 aromatic rings. The van der Waals surface area contributed by atoms with Crippen molar-refractivity contribution in [3.8, 4) is 11.1 Å². The highest BCUT2D eigenvalue weighted by Gasteiger charge is 2.15. The highest BCUT2D eigenvalue weighted by Crippen LogP contribution is 2.28. The quantitative estimate of drug-likeness (QED) is 0.604. The third kappa shape index (κ3) is 2.36. The van der Waals surface area contributed by atoms with Crippen LogP contribution in [0.3, 0.4) is 0 Å². The minimum atomic E-state index is 0.0105. The standard InChI is InChI=1S/C20H20N4O/c1-3-24-17-9-8-15(14-6-4-13(11-21)5-7-14)10-16(17)19-18(20(24)25)12(2)22-23-19/h4-10H,3,11,21H2,1-2H3,(H,22,23). The molecule has 0 aliphatic carbocycles. The first-order valence-electron chi connectivity index (χ1n) is 8.44. The van der Waals surface area contributed by atoms with E-state index in [0.717, 1.165) is 38.8 Å². The molecule has 0 atom stereocenters. The van der Waals surface area contributed by atoms with Crippen LogP contribution in [-0.4, -0.2) is 14.8 Å². The minimum absolute atomic E-state index is 0.0105. The summed E-state index contributed by atoms with van der Waals surface area (Å²) in [4.78, 5) is 12.8. The Morgan fingerprint density at radius 1 is 1.12 bits per heavy atom. The topological polar surface area (TPSA) is 76.7 Å². The maximum Gasteiger partial charge on any atom is 0.262 e. The van der Waals surface area contributed by atoms with Gasteiger partial charge in [0, 0.05) is 24.2 Å². The van der Waals surface area contributed by atoms with Crippen molar-refractivity contribution in [2.75, 3.05) is 0 Å². The number of benzene rings is 2. The molecule has 0 radical (unpaired) electrons. The molecule has 0 saturated heterocycles. The van der Waals surface area contributed by atoms with Crippen molar-refractivity contribution in [1.82, 2.24) is 14.8 Å². The Hall–Kier alpha value is -2.92. The van der Waals surface area contributed by atoms with E-state index in [-0.39, 0.29) is 5.56 Å².